The number of rotatable bonds is 4. The van der Waals surface area contributed by atoms with Crippen molar-refractivity contribution in [3.05, 3.63) is 24.3 Å². The second kappa shape index (κ2) is 4.43. The second-order valence-electron chi connectivity index (χ2n) is 2.91. The van der Waals surface area contributed by atoms with Crippen molar-refractivity contribution in [2.75, 3.05) is 25.4 Å². The van der Waals surface area contributed by atoms with Gasteiger partial charge < -0.3 is 10.1 Å². The van der Waals surface area contributed by atoms with Crippen molar-refractivity contribution in [1.82, 2.24) is 0 Å². The lowest BCUT2D eigenvalue weighted by atomic mass is 10.3. The highest BCUT2D eigenvalue weighted by Crippen LogP contribution is 2.13. The molecule has 1 aromatic carbocycles. The molecule has 5 heteroatoms. The van der Waals surface area contributed by atoms with Crippen molar-refractivity contribution in [3.63, 3.8) is 0 Å². The van der Waals surface area contributed by atoms with E-state index < -0.39 is 9.84 Å². The van der Waals surface area contributed by atoms with Crippen LogP contribution in [0.5, 0.6) is 0 Å². The summed E-state index contributed by atoms with van der Waals surface area (Å²) in [6.45, 7) is 0.401. The fourth-order valence-corrected chi connectivity index (χ4v) is 1.61. The summed E-state index contributed by atoms with van der Waals surface area (Å²) in [4.78, 5) is 0.320. The number of methoxy groups -OCH3 is 1. The predicted octanol–water partition coefficient (Wildman–Crippen LogP) is 1.11. The molecular formula is C9H13NO3S. The summed E-state index contributed by atoms with van der Waals surface area (Å²) in [6.07, 6.45) is 1.19. The molecule has 0 amide bonds. The van der Waals surface area contributed by atoms with E-state index in [9.17, 15) is 8.42 Å². The molecule has 0 saturated carbocycles. The van der Waals surface area contributed by atoms with E-state index in [4.69, 9.17) is 4.74 Å². The summed E-state index contributed by atoms with van der Waals surface area (Å²) >= 11 is 0. The molecule has 0 saturated heterocycles. The molecule has 0 fully saturated rings. The molecule has 0 bridgehead atoms. The zero-order valence-electron chi connectivity index (χ0n) is 8.15. The summed E-state index contributed by atoms with van der Waals surface area (Å²) in [5, 5.41) is 2.96. The monoisotopic (exact) mass is 215 g/mol. The van der Waals surface area contributed by atoms with E-state index in [2.05, 4.69) is 5.32 Å². The van der Waals surface area contributed by atoms with E-state index in [1.54, 1.807) is 31.4 Å². The SMILES string of the molecule is COCNc1ccc(S(C)(=O)=O)cc1. The predicted molar refractivity (Wildman–Crippen MR) is 55.1 cm³/mol. The van der Waals surface area contributed by atoms with Gasteiger partial charge in [-0.3, -0.25) is 0 Å². The van der Waals surface area contributed by atoms with Crippen molar-refractivity contribution < 1.29 is 13.2 Å². The Morgan fingerprint density at radius 1 is 1.29 bits per heavy atom. The first kappa shape index (κ1) is 11.0. The highest BCUT2D eigenvalue weighted by Gasteiger charge is 2.05. The minimum atomic E-state index is -3.10. The Morgan fingerprint density at radius 2 is 1.86 bits per heavy atom. The van der Waals surface area contributed by atoms with E-state index >= 15 is 0 Å². The van der Waals surface area contributed by atoms with E-state index in [0.29, 0.717) is 11.6 Å². The van der Waals surface area contributed by atoms with E-state index in [1.807, 2.05) is 0 Å². The van der Waals surface area contributed by atoms with E-state index in [1.165, 1.54) is 6.26 Å². The molecule has 0 aliphatic heterocycles. The summed E-state index contributed by atoms with van der Waals surface area (Å²) in [5.74, 6) is 0. The highest BCUT2D eigenvalue weighted by atomic mass is 32.2. The Balaban J connectivity index is 2.79. The van der Waals surface area contributed by atoms with Crippen LogP contribution in [-0.4, -0.2) is 28.5 Å². The van der Waals surface area contributed by atoms with Gasteiger partial charge in [-0.2, -0.15) is 0 Å². The van der Waals surface area contributed by atoms with Crippen molar-refractivity contribution >= 4 is 15.5 Å². The van der Waals surface area contributed by atoms with Crippen LogP contribution in [-0.2, 0) is 14.6 Å². The first-order valence-corrected chi connectivity index (χ1v) is 5.96. The Kier molecular flexibility index (Phi) is 3.49. The minimum Gasteiger partial charge on any atom is -0.365 e. The summed E-state index contributed by atoms with van der Waals surface area (Å²) in [7, 11) is -1.52. The molecule has 1 aromatic rings. The fourth-order valence-electron chi connectivity index (χ4n) is 0.975. The van der Waals surface area contributed by atoms with Crippen LogP contribution in [0.2, 0.25) is 0 Å². The number of hydrogen-bond acceptors (Lipinski definition) is 4. The maximum absolute atomic E-state index is 11.1. The van der Waals surface area contributed by atoms with Gasteiger partial charge in [0.1, 0.15) is 6.73 Å². The zero-order valence-corrected chi connectivity index (χ0v) is 8.97. The zero-order chi connectivity index (χ0) is 10.6. The Morgan fingerprint density at radius 3 is 2.29 bits per heavy atom. The number of anilines is 1. The van der Waals surface area contributed by atoms with Gasteiger partial charge >= 0.3 is 0 Å². The number of nitrogens with one attached hydrogen (secondary N) is 1. The molecule has 0 heterocycles. The molecule has 78 valence electrons. The molecule has 0 aromatic heterocycles. The highest BCUT2D eigenvalue weighted by molar-refractivity contribution is 7.90. The molecule has 14 heavy (non-hydrogen) atoms. The largest absolute Gasteiger partial charge is 0.365 e. The van der Waals surface area contributed by atoms with Crippen LogP contribution in [0.15, 0.2) is 29.2 Å². The molecular weight excluding hydrogens is 202 g/mol. The van der Waals surface area contributed by atoms with Crippen LogP contribution in [0.1, 0.15) is 0 Å². The number of hydrogen-bond donors (Lipinski definition) is 1. The number of sulfone groups is 1. The van der Waals surface area contributed by atoms with Gasteiger partial charge in [-0.05, 0) is 24.3 Å². The number of ether oxygens (including phenoxy) is 1. The van der Waals surface area contributed by atoms with Crippen LogP contribution >= 0.6 is 0 Å². The molecule has 0 radical (unpaired) electrons. The van der Waals surface area contributed by atoms with Crippen molar-refractivity contribution in [2.24, 2.45) is 0 Å². The van der Waals surface area contributed by atoms with Crippen LogP contribution in [0.4, 0.5) is 5.69 Å². The molecule has 0 atom stereocenters. The van der Waals surface area contributed by atoms with Crippen molar-refractivity contribution in [1.29, 1.82) is 0 Å². The summed E-state index contributed by atoms with van der Waals surface area (Å²) < 4.78 is 27.0. The lowest BCUT2D eigenvalue weighted by Crippen LogP contribution is -2.03. The smallest absolute Gasteiger partial charge is 0.175 e. The summed E-state index contributed by atoms with van der Waals surface area (Å²) in [6, 6.07) is 6.53. The second-order valence-corrected chi connectivity index (χ2v) is 4.92. The van der Waals surface area contributed by atoms with Crippen LogP contribution < -0.4 is 5.32 Å². The minimum absolute atomic E-state index is 0.320. The van der Waals surface area contributed by atoms with E-state index in [0.717, 1.165) is 5.69 Å². The van der Waals surface area contributed by atoms with Gasteiger partial charge in [0.25, 0.3) is 0 Å². The first-order chi connectivity index (χ1) is 6.54. The van der Waals surface area contributed by atoms with Gasteiger partial charge in [0, 0.05) is 19.1 Å². The van der Waals surface area contributed by atoms with Crippen LogP contribution in [0.25, 0.3) is 0 Å². The first-order valence-electron chi connectivity index (χ1n) is 4.07. The summed E-state index contributed by atoms with van der Waals surface area (Å²) in [5.41, 5.74) is 0.833. The molecule has 0 spiro atoms. The number of benzene rings is 1. The van der Waals surface area contributed by atoms with Gasteiger partial charge in [-0.15, -0.1) is 0 Å². The molecule has 1 rings (SSSR count). The van der Waals surface area contributed by atoms with Gasteiger partial charge in [0.15, 0.2) is 9.84 Å². The van der Waals surface area contributed by atoms with Crippen LogP contribution in [0.3, 0.4) is 0 Å². The Hall–Kier alpha value is -1.07. The molecule has 0 aliphatic rings. The van der Waals surface area contributed by atoms with Crippen molar-refractivity contribution in [3.8, 4) is 0 Å². The third-order valence-electron chi connectivity index (χ3n) is 1.70. The van der Waals surface area contributed by atoms with E-state index in [-0.39, 0.29) is 0 Å². The molecule has 1 N–H and O–H groups in total. The molecule has 0 aliphatic carbocycles. The van der Waals surface area contributed by atoms with Crippen molar-refractivity contribution in [2.45, 2.75) is 4.90 Å². The van der Waals surface area contributed by atoms with Gasteiger partial charge in [0.2, 0.25) is 0 Å². The third-order valence-corrected chi connectivity index (χ3v) is 2.83. The van der Waals surface area contributed by atoms with Gasteiger partial charge in [0.05, 0.1) is 4.90 Å². The Labute approximate surface area is 83.8 Å². The Bertz CT molecular complexity index is 383. The average Bonchev–Trinajstić information content (AvgIpc) is 2.14. The maximum atomic E-state index is 11.1. The molecule has 0 unspecified atom stereocenters. The quantitative estimate of drug-likeness (QED) is 0.764. The van der Waals surface area contributed by atoms with Crippen LogP contribution in [0, 0.1) is 0 Å². The standard InChI is InChI=1S/C9H13NO3S/c1-13-7-10-8-3-5-9(6-4-8)14(2,11)12/h3-6,10H,7H2,1-2H3. The normalized spacial score (nSPS) is 11.3. The van der Waals surface area contributed by atoms with Gasteiger partial charge in [-0.1, -0.05) is 0 Å². The van der Waals surface area contributed by atoms with Gasteiger partial charge in [-0.25, -0.2) is 8.42 Å². The third kappa shape index (κ3) is 3.01. The molecule has 4 nitrogen and oxygen atoms in total. The maximum Gasteiger partial charge on any atom is 0.175 e. The fraction of sp³-hybridized carbons (Fsp3) is 0.333. The topological polar surface area (TPSA) is 55.4 Å². The average molecular weight is 215 g/mol. The lowest BCUT2D eigenvalue weighted by molar-refractivity contribution is 0.221. The lowest BCUT2D eigenvalue weighted by Gasteiger charge is -2.05.